The van der Waals surface area contributed by atoms with E-state index in [9.17, 15) is 14.7 Å². The van der Waals surface area contributed by atoms with Crippen molar-refractivity contribution >= 4 is 11.8 Å². The molecule has 130 valence electrons. The van der Waals surface area contributed by atoms with Crippen LogP contribution in [0.2, 0.25) is 0 Å². The number of aryl methyl sites for hydroxylation is 1. The molecule has 0 saturated carbocycles. The van der Waals surface area contributed by atoms with Crippen LogP contribution in [0.5, 0.6) is 0 Å². The van der Waals surface area contributed by atoms with E-state index in [1.54, 1.807) is 4.90 Å². The SMILES string of the molecule is C[C@H](O)[C@H]1NC(=O)[C@H]2CN(CCCc3ccccc3)CCN2C1=O. The van der Waals surface area contributed by atoms with Gasteiger partial charge in [-0.1, -0.05) is 30.3 Å². The molecule has 0 radical (unpaired) electrons. The molecule has 2 saturated heterocycles. The Morgan fingerprint density at radius 2 is 2.00 bits per heavy atom. The van der Waals surface area contributed by atoms with Crippen LogP contribution in [0.25, 0.3) is 0 Å². The summed E-state index contributed by atoms with van der Waals surface area (Å²) >= 11 is 0. The zero-order valence-corrected chi connectivity index (χ0v) is 14.0. The van der Waals surface area contributed by atoms with Gasteiger partial charge in [-0.3, -0.25) is 14.5 Å². The predicted molar refractivity (Wildman–Crippen MR) is 90.3 cm³/mol. The number of nitrogens with zero attached hydrogens (tertiary/aromatic N) is 2. The molecule has 0 spiro atoms. The minimum atomic E-state index is -0.869. The zero-order chi connectivity index (χ0) is 17.1. The molecule has 1 aromatic rings. The molecule has 3 atom stereocenters. The molecule has 2 amide bonds. The Morgan fingerprint density at radius 1 is 1.25 bits per heavy atom. The van der Waals surface area contributed by atoms with Crippen molar-refractivity contribution in [1.29, 1.82) is 0 Å². The summed E-state index contributed by atoms with van der Waals surface area (Å²) in [7, 11) is 0. The number of nitrogens with one attached hydrogen (secondary N) is 1. The van der Waals surface area contributed by atoms with Gasteiger partial charge in [0.25, 0.3) is 0 Å². The van der Waals surface area contributed by atoms with Crippen molar-refractivity contribution in [3.63, 3.8) is 0 Å². The fourth-order valence-corrected chi connectivity index (χ4v) is 3.50. The van der Waals surface area contributed by atoms with E-state index in [0.717, 1.165) is 25.9 Å². The first-order valence-electron chi connectivity index (χ1n) is 8.61. The molecule has 1 aromatic carbocycles. The van der Waals surface area contributed by atoms with Gasteiger partial charge in [0.05, 0.1) is 6.10 Å². The highest BCUT2D eigenvalue weighted by molar-refractivity contribution is 5.97. The van der Waals surface area contributed by atoms with Crippen molar-refractivity contribution in [3.05, 3.63) is 35.9 Å². The second kappa shape index (κ2) is 7.32. The molecular weight excluding hydrogens is 306 g/mol. The number of hydrogen-bond acceptors (Lipinski definition) is 4. The van der Waals surface area contributed by atoms with E-state index in [1.807, 2.05) is 18.2 Å². The van der Waals surface area contributed by atoms with Crippen LogP contribution in [0.15, 0.2) is 30.3 Å². The quantitative estimate of drug-likeness (QED) is 0.797. The van der Waals surface area contributed by atoms with E-state index in [0.29, 0.717) is 13.1 Å². The maximum absolute atomic E-state index is 12.4. The number of amides is 2. The minimum Gasteiger partial charge on any atom is -0.391 e. The highest BCUT2D eigenvalue weighted by Gasteiger charge is 2.44. The van der Waals surface area contributed by atoms with Gasteiger partial charge in [-0.25, -0.2) is 0 Å². The Labute approximate surface area is 142 Å². The smallest absolute Gasteiger partial charge is 0.248 e. The van der Waals surface area contributed by atoms with E-state index >= 15 is 0 Å². The van der Waals surface area contributed by atoms with Crippen LogP contribution < -0.4 is 5.32 Å². The van der Waals surface area contributed by atoms with Crippen LogP contribution >= 0.6 is 0 Å². The number of benzene rings is 1. The largest absolute Gasteiger partial charge is 0.391 e. The first-order valence-corrected chi connectivity index (χ1v) is 8.61. The number of carbonyl (C=O) groups excluding carboxylic acids is 2. The van der Waals surface area contributed by atoms with Crippen molar-refractivity contribution in [2.24, 2.45) is 0 Å². The van der Waals surface area contributed by atoms with E-state index in [2.05, 4.69) is 22.3 Å². The van der Waals surface area contributed by atoms with Gasteiger partial charge in [-0.05, 0) is 31.9 Å². The lowest BCUT2D eigenvalue weighted by atomic mass is 10.0. The summed E-state index contributed by atoms with van der Waals surface area (Å²) in [6.07, 6.45) is 1.18. The average molecular weight is 331 g/mol. The third-order valence-corrected chi connectivity index (χ3v) is 4.88. The Kier molecular flexibility index (Phi) is 5.16. The summed E-state index contributed by atoms with van der Waals surface area (Å²) in [5, 5.41) is 12.3. The third-order valence-electron chi connectivity index (χ3n) is 4.88. The topological polar surface area (TPSA) is 72.9 Å². The van der Waals surface area contributed by atoms with Gasteiger partial charge in [0, 0.05) is 19.6 Å². The number of aliphatic hydroxyl groups excluding tert-OH is 1. The number of hydrogen-bond donors (Lipinski definition) is 2. The minimum absolute atomic E-state index is 0.159. The standard InChI is InChI=1S/C18H25N3O3/c1-13(22)16-18(24)21-11-10-20(12-15(21)17(23)19-16)9-5-8-14-6-3-2-4-7-14/h2-4,6-7,13,15-16,22H,5,8-12H2,1H3,(H,19,23)/t13-,15+,16+/m0/s1. The molecule has 0 aromatic heterocycles. The van der Waals surface area contributed by atoms with Crippen LogP contribution in [0.4, 0.5) is 0 Å². The maximum Gasteiger partial charge on any atom is 0.248 e. The van der Waals surface area contributed by atoms with Crippen molar-refractivity contribution in [2.75, 3.05) is 26.2 Å². The monoisotopic (exact) mass is 331 g/mol. The lowest BCUT2D eigenvalue weighted by Gasteiger charge is -2.45. The summed E-state index contributed by atoms with van der Waals surface area (Å²) in [6.45, 7) is 4.34. The molecule has 2 N–H and O–H groups in total. The number of rotatable bonds is 5. The van der Waals surface area contributed by atoms with Crippen LogP contribution in [0.3, 0.4) is 0 Å². The van der Waals surface area contributed by atoms with Gasteiger partial charge >= 0.3 is 0 Å². The van der Waals surface area contributed by atoms with Gasteiger partial charge in [0.1, 0.15) is 12.1 Å². The molecule has 2 aliphatic rings. The molecule has 2 fully saturated rings. The molecule has 0 bridgehead atoms. The van der Waals surface area contributed by atoms with E-state index in [1.165, 1.54) is 12.5 Å². The maximum atomic E-state index is 12.4. The Balaban J connectivity index is 1.53. The molecule has 2 aliphatic heterocycles. The van der Waals surface area contributed by atoms with Crippen LogP contribution in [0.1, 0.15) is 18.9 Å². The number of piperazine rings is 2. The Hall–Kier alpha value is -1.92. The first-order chi connectivity index (χ1) is 11.6. The lowest BCUT2D eigenvalue weighted by molar-refractivity contribution is -0.155. The summed E-state index contributed by atoms with van der Waals surface area (Å²) in [5.41, 5.74) is 1.32. The van der Waals surface area contributed by atoms with E-state index in [-0.39, 0.29) is 11.8 Å². The molecule has 6 heteroatoms. The summed E-state index contributed by atoms with van der Waals surface area (Å²) in [4.78, 5) is 28.6. The molecule has 0 unspecified atom stereocenters. The summed E-state index contributed by atoms with van der Waals surface area (Å²) < 4.78 is 0. The van der Waals surface area contributed by atoms with Crippen molar-refractivity contribution in [1.82, 2.24) is 15.1 Å². The fourth-order valence-electron chi connectivity index (χ4n) is 3.50. The van der Waals surface area contributed by atoms with Crippen LogP contribution in [-0.4, -0.2) is 71.1 Å². The second-order valence-electron chi connectivity index (χ2n) is 6.66. The average Bonchev–Trinajstić information content (AvgIpc) is 2.59. The second-order valence-corrected chi connectivity index (χ2v) is 6.66. The summed E-state index contributed by atoms with van der Waals surface area (Å²) in [6, 6.07) is 9.12. The normalized spacial score (nSPS) is 26.0. The number of aliphatic hydroxyl groups is 1. The van der Waals surface area contributed by atoms with Crippen LogP contribution in [0, 0.1) is 0 Å². The molecule has 3 rings (SSSR count). The molecule has 2 heterocycles. The van der Waals surface area contributed by atoms with Gasteiger partial charge in [0.15, 0.2) is 0 Å². The van der Waals surface area contributed by atoms with Gasteiger partial charge in [0.2, 0.25) is 11.8 Å². The zero-order valence-electron chi connectivity index (χ0n) is 14.0. The van der Waals surface area contributed by atoms with Crippen LogP contribution in [-0.2, 0) is 16.0 Å². The van der Waals surface area contributed by atoms with Gasteiger partial charge < -0.3 is 15.3 Å². The first kappa shape index (κ1) is 16.9. The van der Waals surface area contributed by atoms with Crippen molar-refractivity contribution < 1.29 is 14.7 Å². The fraction of sp³-hybridized carbons (Fsp3) is 0.556. The van der Waals surface area contributed by atoms with Crippen molar-refractivity contribution in [3.8, 4) is 0 Å². The highest BCUT2D eigenvalue weighted by Crippen LogP contribution is 2.18. The highest BCUT2D eigenvalue weighted by atomic mass is 16.3. The van der Waals surface area contributed by atoms with Gasteiger partial charge in [-0.2, -0.15) is 0 Å². The third kappa shape index (κ3) is 3.60. The summed E-state index contributed by atoms with van der Waals surface area (Å²) in [5.74, 6) is -0.327. The predicted octanol–water partition coefficient (Wildman–Crippen LogP) is 0.0112. The van der Waals surface area contributed by atoms with Crippen molar-refractivity contribution in [2.45, 2.75) is 38.0 Å². The molecule has 6 nitrogen and oxygen atoms in total. The molecule has 0 aliphatic carbocycles. The Morgan fingerprint density at radius 3 is 2.71 bits per heavy atom. The van der Waals surface area contributed by atoms with E-state index in [4.69, 9.17) is 0 Å². The van der Waals surface area contributed by atoms with E-state index < -0.39 is 18.2 Å². The Bertz CT molecular complexity index is 590. The molecular formula is C18H25N3O3. The lowest BCUT2D eigenvalue weighted by Crippen LogP contribution is -2.71. The molecule has 24 heavy (non-hydrogen) atoms. The number of fused-ring (bicyclic) bond motifs is 1. The number of carbonyl (C=O) groups is 2. The van der Waals surface area contributed by atoms with Gasteiger partial charge in [-0.15, -0.1) is 0 Å².